The molecule has 0 heteroatoms. The van der Waals surface area contributed by atoms with Crippen LogP contribution < -0.4 is 0 Å². The first-order chi connectivity index (χ1) is 14.7. The van der Waals surface area contributed by atoms with Crippen LogP contribution >= 0.6 is 0 Å². The van der Waals surface area contributed by atoms with Gasteiger partial charge in [0.15, 0.2) is 0 Å². The summed E-state index contributed by atoms with van der Waals surface area (Å²) in [6.45, 7) is 16.3. The van der Waals surface area contributed by atoms with E-state index in [9.17, 15) is 0 Å². The van der Waals surface area contributed by atoms with Gasteiger partial charge in [0.05, 0.1) is 0 Å². The Balaban J connectivity index is 1.80. The molecule has 0 aliphatic heterocycles. The maximum absolute atomic E-state index is 2.49. The van der Waals surface area contributed by atoms with E-state index in [-0.39, 0.29) is 10.8 Å². The highest BCUT2D eigenvalue weighted by Crippen LogP contribution is 2.46. The Hall–Kier alpha value is -2.34. The van der Waals surface area contributed by atoms with Crippen molar-refractivity contribution in [1.29, 1.82) is 0 Å². The molecule has 0 spiro atoms. The number of fused-ring (bicyclic) bond motifs is 3. The van der Waals surface area contributed by atoms with Gasteiger partial charge in [0.25, 0.3) is 0 Å². The molecule has 0 N–H and O–H groups in total. The van der Waals surface area contributed by atoms with Crippen molar-refractivity contribution in [3.05, 3.63) is 94.1 Å². The van der Waals surface area contributed by atoms with Gasteiger partial charge in [-0.25, -0.2) is 0 Å². The topological polar surface area (TPSA) is 0 Å². The minimum Gasteiger partial charge on any atom is -0.0753 e. The Kier molecular flexibility index (Phi) is 5.63. The Morgan fingerprint density at radius 1 is 0.903 bits per heavy atom. The lowest BCUT2D eigenvalue weighted by Crippen LogP contribution is -2.17. The minimum absolute atomic E-state index is 0.0570. The van der Waals surface area contributed by atoms with Gasteiger partial charge in [-0.2, -0.15) is 0 Å². The van der Waals surface area contributed by atoms with Crippen LogP contribution in [0.25, 0.3) is 11.1 Å². The van der Waals surface area contributed by atoms with Gasteiger partial charge in [0.2, 0.25) is 0 Å². The number of hydrogen-bond donors (Lipinski definition) is 0. The predicted molar refractivity (Wildman–Crippen MR) is 136 cm³/mol. The van der Waals surface area contributed by atoms with E-state index in [1.54, 1.807) is 5.57 Å². The lowest BCUT2D eigenvalue weighted by Gasteiger charge is -2.27. The lowest BCUT2D eigenvalue weighted by atomic mass is 9.77. The molecular formula is C31H38. The third-order valence-corrected chi connectivity index (χ3v) is 7.23. The second-order valence-electron chi connectivity index (χ2n) is 10.9. The van der Waals surface area contributed by atoms with Crippen LogP contribution in [0.3, 0.4) is 0 Å². The maximum atomic E-state index is 2.49. The number of benzene rings is 2. The zero-order chi connectivity index (χ0) is 22.4. The number of hydrogen-bond acceptors (Lipinski definition) is 0. The van der Waals surface area contributed by atoms with Crippen LogP contribution in [0.2, 0.25) is 0 Å². The quantitative estimate of drug-likeness (QED) is 0.369. The summed E-state index contributed by atoms with van der Waals surface area (Å²) < 4.78 is 0. The van der Waals surface area contributed by atoms with E-state index in [1.807, 2.05) is 0 Å². The standard InChI is InChI=1S/C31H38/c1-8-21(9-2)20-31(6,7)24-14-15-25-23(18-24)19-27-26(25)16-17-28(30(3,4)5)29(27)22-12-10-11-13-22/h10-18,20,22H,8-9,19H2,1-7H3. The fourth-order valence-electron chi connectivity index (χ4n) is 5.41. The molecule has 0 heterocycles. The molecule has 0 unspecified atom stereocenters. The lowest BCUT2D eigenvalue weighted by molar-refractivity contribution is 0.581. The summed E-state index contributed by atoms with van der Waals surface area (Å²) in [6.07, 6.45) is 14.9. The van der Waals surface area contributed by atoms with E-state index in [1.165, 1.54) is 38.9 Å². The molecule has 31 heavy (non-hydrogen) atoms. The van der Waals surface area contributed by atoms with Gasteiger partial charge in [-0.3, -0.25) is 0 Å². The Morgan fingerprint density at radius 2 is 1.55 bits per heavy atom. The Bertz CT molecular complexity index is 1060. The fraction of sp³-hybridized carbons (Fsp3) is 0.419. The molecule has 2 aromatic carbocycles. The van der Waals surface area contributed by atoms with Crippen LogP contribution in [0.15, 0.2) is 66.3 Å². The van der Waals surface area contributed by atoms with E-state index in [0.717, 1.165) is 19.3 Å². The maximum Gasteiger partial charge on any atom is 0.0210 e. The van der Waals surface area contributed by atoms with Crippen LogP contribution in [0, 0.1) is 0 Å². The SMILES string of the molecule is CCC(=CC(C)(C)c1ccc2c(c1)Cc1c-2ccc(C(C)(C)C)c1C1C=CC=C1)CC. The van der Waals surface area contributed by atoms with Crippen LogP contribution in [-0.4, -0.2) is 0 Å². The van der Waals surface area contributed by atoms with Crippen molar-refractivity contribution >= 4 is 0 Å². The zero-order valence-electron chi connectivity index (χ0n) is 20.5. The fourth-order valence-corrected chi connectivity index (χ4v) is 5.41. The highest BCUT2D eigenvalue weighted by atomic mass is 14.3. The minimum atomic E-state index is 0.0570. The molecule has 2 aromatic rings. The zero-order valence-corrected chi connectivity index (χ0v) is 20.5. The summed E-state index contributed by atoms with van der Waals surface area (Å²) >= 11 is 0. The average molecular weight is 411 g/mol. The van der Waals surface area contributed by atoms with E-state index in [2.05, 4.69) is 109 Å². The summed E-state index contributed by atoms with van der Waals surface area (Å²) in [7, 11) is 0. The van der Waals surface area contributed by atoms with Crippen LogP contribution in [0.1, 0.15) is 95.0 Å². The molecule has 0 nitrogen and oxygen atoms in total. The van der Waals surface area contributed by atoms with Gasteiger partial charge in [-0.05, 0) is 63.6 Å². The second kappa shape index (κ2) is 7.97. The molecule has 2 aliphatic rings. The van der Waals surface area contributed by atoms with Crippen molar-refractivity contribution in [2.45, 2.75) is 84.5 Å². The third kappa shape index (κ3) is 3.98. The molecule has 0 aromatic heterocycles. The highest BCUT2D eigenvalue weighted by Gasteiger charge is 2.30. The normalized spacial score (nSPS) is 15.3. The van der Waals surface area contributed by atoms with Crippen molar-refractivity contribution in [2.24, 2.45) is 0 Å². The predicted octanol–water partition coefficient (Wildman–Crippen LogP) is 8.79. The number of rotatable bonds is 5. The van der Waals surface area contributed by atoms with Crippen molar-refractivity contribution in [1.82, 2.24) is 0 Å². The van der Waals surface area contributed by atoms with Crippen molar-refractivity contribution in [3.8, 4) is 11.1 Å². The third-order valence-electron chi connectivity index (χ3n) is 7.23. The molecule has 0 atom stereocenters. The molecule has 0 saturated carbocycles. The molecule has 0 fully saturated rings. The Labute approximate surface area is 189 Å². The molecule has 0 amide bonds. The molecule has 162 valence electrons. The van der Waals surface area contributed by atoms with Gasteiger partial charge < -0.3 is 0 Å². The van der Waals surface area contributed by atoms with Crippen LogP contribution in [-0.2, 0) is 17.3 Å². The monoisotopic (exact) mass is 410 g/mol. The average Bonchev–Trinajstić information content (AvgIpc) is 3.37. The Morgan fingerprint density at radius 3 is 2.16 bits per heavy atom. The summed E-state index contributed by atoms with van der Waals surface area (Å²) in [5.74, 6) is 0.397. The molecule has 0 bridgehead atoms. The van der Waals surface area contributed by atoms with Gasteiger partial charge in [0.1, 0.15) is 0 Å². The number of allylic oxidation sites excluding steroid dienone is 6. The van der Waals surface area contributed by atoms with Crippen LogP contribution in [0.4, 0.5) is 0 Å². The van der Waals surface area contributed by atoms with Gasteiger partial charge >= 0.3 is 0 Å². The van der Waals surface area contributed by atoms with Crippen molar-refractivity contribution in [2.75, 3.05) is 0 Å². The molecule has 4 rings (SSSR count). The van der Waals surface area contributed by atoms with Crippen LogP contribution in [0.5, 0.6) is 0 Å². The summed E-state index contributed by atoms with van der Waals surface area (Å²) in [5, 5.41) is 0. The van der Waals surface area contributed by atoms with Gasteiger partial charge in [-0.15, -0.1) is 0 Å². The first-order valence-corrected chi connectivity index (χ1v) is 12.0. The molecular weight excluding hydrogens is 372 g/mol. The van der Waals surface area contributed by atoms with Gasteiger partial charge in [-0.1, -0.05) is 115 Å². The van der Waals surface area contributed by atoms with E-state index >= 15 is 0 Å². The second-order valence-corrected chi connectivity index (χ2v) is 10.9. The highest BCUT2D eigenvalue weighted by molar-refractivity contribution is 5.80. The summed E-state index contributed by atoms with van der Waals surface area (Å²) in [6, 6.07) is 12.0. The van der Waals surface area contributed by atoms with Crippen molar-refractivity contribution < 1.29 is 0 Å². The van der Waals surface area contributed by atoms with Gasteiger partial charge in [0, 0.05) is 11.3 Å². The van der Waals surface area contributed by atoms with E-state index in [0.29, 0.717) is 5.92 Å². The largest absolute Gasteiger partial charge is 0.0753 e. The van der Waals surface area contributed by atoms with Crippen molar-refractivity contribution in [3.63, 3.8) is 0 Å². The molecule has 0 radical (unpaired) electrons. The first kappa shape index (κ1) is 21.9. The molecule has 2 aliphatic carbocycles. The molecule has 0 saturated heterocycles. The summed E-state index contributed by atoms with van der Waals surface area (Å²) in [4.78, 5) is 0. The first-order valence-electron chi connectivity index (χ1n) is 12.0. The summed E-state index contributed by atoms with van der Waals surface area (Å²) in [5.41, 5.74) is 12.1. The van der Waals surface area contributed by atoms with E-state index < -0.39 is 0 Å². The smallest absolute Gasteiger partial charge is 0.0210 e. The van der Waals surface area contributed by atoms with E-state index in [4.69, 9.17) is 0 Å².